The van der Waals surface area contributed by atoms with Crippen LogP contribution in [0.1, 0.15) is 44.6 Å². The average Bonchev–Trinajstić information content (AvgIpc) is 2.73. The molecule has 1 aliphatic heterocycles. The van der Waals surface area contributed by atoms with E-state index in [1.165, 1.54) is 36.9 Å². The standard InChI is InChI=1S/C17H28N2O/c1-2-11-18-13-15-7-9-16(10-8-15)19-12-5-3-4-6-17(19)14-20/h7-10,17-18,20H,2-6,11-14H2,1H3. The first-order valence-corrected chi connectivity index (χ1v) is 8.02. The molecule has 1 atom stereocenters. The molecule has 0 bridgehead atoms. The van der Waals surface area contributed by atoms with Gasteiger partial charge in [-0.05, 0) is 43.5 Å². The second-order valence-corrected chi connectivity index (χ2v) is 5.72. The molecule has 1 heterocycles. The summed E-state index contributed by atoms with van der Waals surface area (Å²) < 4.78 is 0. The van der Waals surface area contributed by atoms with Crippen molar-refractivity contribution in [3.8, 4) is 0 Å². The first-order chi connectivity index (χ1) is 9.85. The van der Waals surface area contributed by atoms with Gasteiger partial charge in [0.25, 0.3) is 0 Å². The molecule has 3 nitrogen and oxygen atoms in total. The molecule has 1 aliphatic rings. The van der Waals surface area contributed by atoms with Crippen LogP contribution in [0.3, 0.4) is 0 Å². The van der Waals surface area contributed by atoms with Crippen LogP contribution in [0.5, 0.6) is 0 Å². The fraction of sp³-hybridized carbons (Fsp3) is 0.647. The van der Waals surface area contributed by atoms with E-state index in [0.717, 1.165) is 26.1 Å². The Morgan fingerprint density at radius 3 is 2.70 bits per heavy atom. The highest BCUT2D eigenvalue weighted by molar-refractivity contribution is 5.48. The van der Waals surface area contributed by atoms with E-state index in [9.17, 15) is 5.11 Å². The molecular formula is C17H28N2O. The van der Waals surface area contributed by atoms with Gasteiger partial charge in [-0.25, -0.2) is 0 Å². The molecule has 0 radical (unpaired) electrons. The van der Waals surface area contributed by atoms with Crippen LogP contribution in [-0.2, 0) is 6.54 Å². The van der Waals surface area contributed by atoms with Crippen LogP contribution in [0.2, 0.25) is 0 Å². The third-order valence-electron chi connectivity index (χ3n) is 4.11. The molecule has 2 rings (SSSR count). The Morgan fingerprint density at radius 1 is 1.20 bits per heavy atom. The fourth-order valence-corrected chi connectivity index (χ4v) is 2.92. The van der Waals surface area contributed by atoms with E-state index in [0.29, 0.717) is 6.04 Å². The zero-order valence-corrected chi connectivity index (χ0v) is 12.6. The topological polar surface area (TPSA) is 35.5 Å². The number of nitrogens with one attached hydrogen (secondary N) is 1. The molecule has 1 aromatic rings. The minimum atomic E-state index is 0.264. The summed E-state index contributed by atoms with van der Waals surface area (Å²) in [4.78, 5) is 2.39. The van der Waals surface area contributed by atoms with Gasteiger partial charge in [0.2, 0.25) is 0 Å². The summed E-state index contributed by atoms with van der Waals surface area (Å²) in [5.74, 6) is 0. The lowest BCUT2D eigenvalue weighted by Gasteiger charge is -2.31. The van der Waals surface area contributed by atoms with E-state index in [1.54, 1.807) is 0 Å². The van der Waals surface area contributed by atoms with E-state index >= 15 is 0 Å². The van der Waals surface area contributed by atoms with E-state index in [2.05, 4.69) is 41.4 Å². The van der Waals surface area contributed by atoms with Gasteiger partial charge in [0.15, 0.2) is 0 Å². The highest BCUT2D eigenvalue weighted by Crippen LogP contribution is 2.24. The second kappa shape index (κ2) is 8.28. The maximum Gasteiger partial charge on any atom is 0.0635 e. The Kier molecular flexibility index (Phi) is 6.34. The zero-order chi connectivity index (χ0) is 14.2. The van der Waals surface area contributed by atoms with E-state index in [1.807, 2.05) is 0 Å². The number of anilines is 1. The van der Waals surface area contributed by atoms with Gasteiger partial charge in [-0.1, -0.05) is 31.9 Å². The van der Waals surface area contributed by atoms with Gasteiger partial charge < -0.3 is 15.3 Å². The van der Waals surface area contributed by atoms with E-state index in [4.69, 9.17) is 0 Å². The van der Waals surface area contributed by atoms with E-state index in [-0.39, 0.29) is 6.61 Å². The van der Waals surface area contributed by atoms with Gasteiger partial charge in [0.1, 0.15) is 0 Å². The molecule has 0 amide bonds. The Bertz CT molecular complexity index is 377. The molecule has 1 aromatic carbocycles. The summed E-state index contributed by atoms with van der Waals surface area (Å²) in [5, 5.41) is 13.0. The third kappa shape index (κ3) is 4.22. The number of hydrogen-bond acceptors (Lipinski definition) is 3. The molecule has 0 aliphatic carbocycles. The van der Waals surface area contributed by atoms with Gasteiger partial charge in [-0.2, -0.15) is 0 Å². The van der Waals surface area contributed by atoms with Crippen molar-refractivity contribution in [1.82, 2.24) is 5.32 Å². The highest BCUT2D eigenvalue weighted by atomic mass is 16.3. The quantitative estimate of drug-likeness (QED) is 0.784. The van der Waals surface area contributed by atoms with Crippen LogP contribution < -0.4 is 10.2 Å². The Balaban J connectivity index is 1.99. The summed E-state index contributed by atoms with van der Waals surface area (Å²) in [6.07, 6.45) is 6.03. The van der Waals surface area contributed by atoms with Crippen LogP contribution in [0.25, 0.3) is 0 Å². The molecule has 1 saturated heterocycles. The first kappa shape index (κ1) is 15.3. The minimum Gasteiger partial charge on any atom is -0.394 e. The summed E-state index contributed by atoms with van der Waals surface area (Å²) in [6.45, 7) is 5.53. The monoisotopic (exact) mass is 276 g/mol. The SMILES string of the molecule is CCCNCc1ccc(N2CCCCCC2CO)cc1. The lowest BCUT2D eigenvalue weighted by atomic mass is 10.1. The first-order valence-electron chi connectivity index (χ1n) is 8.02. The normalized spacial score (nSPS) is 19.9. The van der Waals surface area contributed by atoms with Crippen molar-refractivity contribution in [2.75, 3.05) is 24.6 Å². The van der Waals surface area contributed by atoms with Crippen molar-refractivity contribution >= 4 is 5.69 Å². The van der Waals surface area contributed by atoms with Crippen LogP contribution in [0.4, 0.5) is 5.69 Å². The predicted octanol–water partition coefficient (Wildman–Crippen LogP) is 2.93. The number of hydrogen-bond donors (Lipinski definition) is 2. The minimum absolute atomic E-state index is 0.264. The second-order valence-electron chi connectivity index (χ2n) is 5.72. The van der Waals surface area contributed by atoms with Crippen molar-refractivity contribution in [3.05, 3.63) is 29.8 Å². The fourth-order valence-electron chi connectivity index (χ4n) is 2.92. The van der Waals surface area contributed by atoms with Crippen LogP contribution in [0, 0.1) is 0 Å². The molecule has 1 fully saturated rings. The Morgan fingerprint density at radius 2 is 2.00 bits per heavy atom. The lowest BCUT2D eigenvalue weighted by Crippen LogP contribution is -2.37. The third-order valence-corrected chi connectivity index (χ3v) is 4.11. The van der Waals surface area contributed by atoms with Crippen LogP contribution in [-0.4, -0.2) is 30.8 Å². The Labute approximate surface area is 123 Å². The molecule has 112 valence electrons. The van der Waals surface area contributed by atoms with E-state index < -0.39 is 0 Å². The Hall–Kier alpha value is -1.06. The molecular weight excluding hydrogens is 248 g/mol. The summed E-state index contributed by atoms with van der Waals surface area (Å²) in [6, 6.07) is 9.12. The van der Waals surface area contributed by atoms with Gasteiger partial charge in [0, 0.05) is 18.8 Å². The van der Waals surface area contributed by atoms with Crippen LogP contribution >= 0.6 is 0 Å². The number of benzene rings is 1. The van der Waals surface area contributed by atoms with Crippen LogP contribution in [0.15, 0.2) is 24.3 Å². The molecule has 0 spiro atoms. The van der Waals surface area contributed by atoms with Crippen molar-refractivity contribution in [2.45, 2.75) is 51.6 Å². The summed E-state index contributed by atoms with van der Waals surface area (Å²) in [7, 11) is 0. The molecule has 3 heteroatoms. The van der Waals surface area contributed by atoms with Gasteiger partial charge in [-0.3, -0.25) is 0 Å². The summed E-state index contributed by atoms with van der Waals surface area (Å²) in [5.41, 5.74) is 2.59. The van der Waals surface area contributed by atoms with Gasteiger partial charge in [0.05, 0.1) is 12.6 Å². The number of rotatable bonds is 6. The van der Waals surface area contributed by atoms with Crippen molar-refractivity contribution in [3.63, 3.8) is 0 Å². The van der Waals surface area contributed by atoms with Crippen molar-refractivity contribution < 1.29 is 5.11 Å². The van der Waals surface area contributed by atoms with Crippen molar-refractivity contribution in [2.24, 2.45) is 0 Å². The predicted molar refractivity (Wildman–Crippen MR) is 85.1 cm³/mol. The lowest BCUT2D eigenvalue weighted by molar-refractivity contribution is 0.255. The highest BCUT2D eigenvalue weighted by Gasteiger charge is 2.20. The zero-order valence-electron chi connectivity index (χ0n) is 12.6. The average molecular weight is 276 g/mol. The number of nitrogens with zero attached hydrogens (tertiary/aromatic N) is 1. The molecule has 20 heavy (non-hydrogen) atoms. The van der Waals surface area contributed by atoms with Gasteiger partial charge >= 0.3 is 0 Å². The molecule has 1 unspecified atom stereocenters. The molecule has 2 N–H and O–H groups in total. The number of aliphatic hydroxyl groups excluding tert-OH is 1. The van der Waals surface area contributed by atoms with Crippen molar-refractivity contribution in [1.29, 1.82) is 0 Å². The summed E-state index contributed by atoms with van der Waals surface area (Å²) >= 11 is 0. The smallest absolute Gasteiger partial charge is 0.0635 e. The maximum atomic E-state index is 9.59. The number of aliphatic hydroxyl groups is 1. The maximum absolute atomic E-state index is 9.59. The molecule has 0 saturated carbocycles. The largest absolute Gasteiger partial charge is 0.394 e. The molecule has 0 aromatic heterocycles. The van der Waals surface area contributed by atoms with Gasteiger partial charge in [-0.15, -0.1) is 0 Å².